The van der Waals surface area contributed by atoms with Gasteiger partial charge in [0.2, 0.25) is 9.84 Å². The van der Waals surface area contributed by atoms with Crippen molar-refractivity contribution >= 4 is 9.84 Å². The summed E-state index contributed by atoms with van der Waals surface area (Å²) in [5.74, 6) is -0.153. The van der Waals surface area contributed by atoms with Crippen LogP contribution < -0.4 is 0 Å². The van der Waals surface area contributed by atoms with E-state index in [0.29, 0.717) is 5.56 Å². The van der Waals surface area contributed by atoms with Gasteiger partial charge in [0.05, 0.1) is 11.3 Å². The highest BCUT2D eigenvalue weighted by atomic mass is 32.2. The maximum absolute atomic E-state index is 12.2. The zero-order valence-electron chi connectivity index (χ0n) is 9.45. The van der Waals surface area contributed by atoms with Crippen LogP contribution in [0.4, 0.5) is 0 Å². The summed E-state index contributed by atoms with van der Waals surface area (Å²) in [5.41, 5.74) is 0.750. The summed E-state index contributed by atoms with van der Waals surface area (Å²) >= 11 is 0. The van der Waals surface area contributed by atoms with Crippen LogP contribution in [0.3, 0.4) is 0 Å². The Bertz CT molecular complexity index is 688. The maximum atomic E-state index is 12.2. The molecule has 0 bridgehead atoms. The van der Waals surface area contributed by atoms with Gasteiger partial charge in [0, 0.05) is 6.20 Å². The molecule has 0 radical (unpaired) electrons. The Kier molecular flexibility index (Phi) is 3.40. The maximum Gasteiger partial charge on any atom is 0.201 e. The molecule has 4 nitrogen and oxygen atoms in total. The minimum absolute atomic E-state index is 0.0773. The van der Waals surface area contributed by atoms with Gasteiger partial charge in [-0.2, -0.15) is 5.26 Å². The molecule has 0 spiro atoms. The number of nitrogens with zero attached hydrogens (tertiary/aromatic N) is 2. The van der Waals surface area contributed by atoms with Crippen LogP contribution in [0, 0.1) is 11.3 Å². The van der Waals surface area contributed by atoms with Gasteiger partial charge in [-0.15, -0.1) is 0 Å². The predicted molar refractivity (Wildman–Crippen MR) is 66.3 cm³/mol. The van der Waals surface area contributed by atoms with Gasteiger partial charge in [-0.05, 0) is 17.7 Å². The third kappa shape index (κ3) is 2.55. The molecule has 0 N–H and O–H groups in total. The predicted octanol–water partition coefficient (Wildman–Crippen LogP) is 1.93. The summed E-state index contributed by atoms with van der Waals surface area (Å²) in [6, 6.07) is 13.7. The average Bonchev–Trinajstić information content (AvgIpc) is 2.39. The fraction of sp³-hybridized carbons (Fsp3) is 0.0769. The van der Waals surface area contributed by atoms with Crippen LogP contribution in [-0.4, -0.2) is 13.4 Å². The Labute approximate surface area is 105 Å². The highest BCUT2D eigenvalue weighted by Gasteiger charge is 2.20. The van der Waals surface area contributed by atoms with Crippen molar-refractivity contribution in [2.24, 2.45) is 0 Å². The number of pyridine rings is 1. The van der Waals surface area contributed by atoms with E-state index in [2.05, 4.69) is 4.98 Å². The first-order valence-corrected chi connectivity index (χ1v) is 6.90. The van der Waals surface area contributed by atoms with Crippen molar-refractivity contribution in [1.29, 1.82) is 5.26 Å². The molecular weight excluding hydrogens is 248 g/mol. The number of sulfone groups is 1. The summed E-state index contributed by atoms with van der Waals surface area (Å²) < 4.78 is 24.3. The zero-order valence-corrected chi connectivity index (χ0v) is 10.3. The molecular formula is C13H10N2O2S. The highest BCUT2D eigenvalue weighted by Crippen LogP contribution is 2.17. The Morgan fingerprint density at radius 1 is 1.11 bits per heavy atom. The standard InChI is InChI=1S/C13H10N2O2S/c14-9-12-7-4-8-15-13(12)18(16,17)10-11-5-2-1-3-6-11/h1-8H,10H2. The van der Waals surface area contributed by atoms with Crippen molar-refractivity contribution in [2.75, 3.05) is 0 Å². The fourth-order valence-electron chi connectivity index (χ4n) is 1.59. The highest BCUT2D eigenvalue weighted by molar-refractivity contribution is 7.90. The number of hydrogen-bond donors (Lipinski definition) is 0. The summed E-state index contributed by atoms with van der Waals surface area (Å²) in [4.78, 5) is 3.81. The molecule has 18 heavy (non-hydrogen) atoms. The van der Waals surface area contributed by atoms with Gasteiger partial charge < -0.3 is 0 Å². The third-order valence-corrected chi connectivity index (χ3v) is 4.01. The molecule has 0 aliphatic heterocycles. The zero-order chi connectivity index (χ0) is 13.0. The minimum atomic E-state index is -3.59. The van der Waals surface area contributed by atoms with Crippen molar-refractivity contribution in [3.05, 3.63) is 59.8 Å². The van der Waals surface area contributed by atoms with Crippen LogP contribution in [0.15, 0.2) is 53.7 Å². The molecule has 0 unspecified atom stereocenters. The minimum Gasteiger partial charge on any atom is -0.243 e. The van der Waals surface area contributed by atoms with Crippen LogP contribution >= 0.6 is 0 Å². The fourth-order valence-corrected chi connectivity index (χ4v) is 3.02. The van der Waals surface area contributed by atoms with Gasteiger partial charge in [-0.3, -0.25) is 0 Å². The molecule has 0 atom stereocenters. The molecule has 5 heteroatoms. The van der Waals surface area contributed by atoms with Crippen LogP contribution in [0.5, 0.6) is 0 Å². The van der Waals surface area contributed by atoms with E-state index in [0.717, 1.165) is 0 Å². The van der Waals surface area contributed by atoms with Crippen LogP contribution in [0.1, 0.15) is 11.1 Å². The summed E-state index contributed by atoms with van der Waals surface area (Å²) in [6.07, 6.45) is 1.37. The molecule has 0 aliphatic rings. The lowest BCUT2D eigenvalue weighted by Crippen LogP contribution is -2.09. The number of nitriles is 1. The molecule has 2 aromatic rings. The van der Waals surface area contributed by atoms with Gasteiger partial charge in [0.25, 0.3) is 0 Å². The van der Waals surface area contributed by atoms with Crippen molar-refractivity contribution in [2.45, 2.75) is 10.8 Å². The Morgan fingerprint density at radius 2 is 1.83 bits per heavy atom. The molecule has 2 rings (SSSR count). The molecule has 0 aliphatic carbocycles. The number of benzene rings is 1. The summed E-state index contributed by atoms with van der Waals surface area (Å²) in [7, 11) is -3.59. The lowest BCUT2D eigenvalue weighted by Gasteiger charge is -2.04. The van der Waals surface area contributed by atoms with E-state index in [9.17, 15) is 8.42 Å². The van der Waals surface area contributed by atoms with Gasteiger partial charge in [-0.25, -0.2) is 13.4 Å². The lowest BCUT2D eigenvalue weighted by atomic mass is 10.2. The monoisotopic (exact) mass is 258 g/mol. The lowest BCUT2D eigenvalue weighted by molar-refractivity contribution is 0.591. The van der Waals surface area contributed by atoms with E-state index >= 15 is 0 Å². The molecule has 1 heterocycles. The van der Waals surface area contributed by atoms with Gasteiger partial charge in [0.15, 0.2) is 5.03 Å². The van der Waals surface area contributed by atoms with E-state index in [1.165, 1.54) is 12.3 Å². The normalized spacial score (nSPS) is 10.8. The number of rotatable bonds is 3. The Morgan fingerprint density at radius 3 is 2.50 bits per heavy atom. The summed E-state index contributed by atoms with van der Waals surface area (Å²) in [6.45, 7) is 0. The van der Waals surface area contributed by atoms with Gasteiger partial charge in [-0.1, -0.05) is 30.3 Å². The topological polar surface area (TPSA) is 70.8 Å². The van der Waals surface area contributed by atoms with Crippen molar-refractivity contribution in [3.63, 3.8) is 0 Å². The van der Waals surface area contributed by atoms with Gasteiger partial charge in [0.1, 0.15) is 6.07 Å². The van der Waals surface area contributed by atoms with Crippen LogP contribution in [-0.2, 0) is 15.6 Å². The first kappa shape index (κ1) is 12.3. The van der Waals surface area contributed by atoms with Crippen LogP contribution in [0.2, 0.25) is 0 Å². The Hall–Kier alpha value is -2.19. The van der Waals surface area contributed by atoms with E-state index in [1.54, 1.807) is 30.3 Å². The van der Waals surface area contributed by atoms with E-state index < -0.39 is 9.84 Å². The average molecular weight is 258 g/mol. The molecule has 90 valence electrons. The number of hydrogen-bond acceptors (Lipinski definition) is 4. The smallest absolute Gasteiger partial charge is 0.201 e. The van der Waals surface area contributed by atoms with Crippen molar-refractivity contribution in [3.8, 4) is 6.07 Å². The van der Waals surface area contributed by atoms with E-state index in [-0.39, 0.29) is 16.3 Å². The van der Waals surface area contributed by atoms with Crippen molar-refractivity contribution < 1.29 is 8.42 Å². The molecule has 0 fully saturated rings. The first-order chi connectivity index (χ1) is 8.63. The quantitative estimate of drug-likeness (QED) is 0.843. The summed E-state index contributed by atoms with van der Waals surface area (Å²) in [5, 5.41) is 8.74. The van der Waals surface area contributed by atoms with Crippen LogP contribution in [0.25, 0.3) is 0 Å². The second-order valence-corrected chi connectivity index (χ2v) is 5.62. The first-order valence-electron chi connectivity index (χ1n) is 5.25. The van der Waals surface area contributed by atoms with Gasteiger partial charge >= 0.3 is 0 Å². The molecule has 0 amide bonds. The largest absolute Gasteiger partial charge is 0.243 e. The third-order valence-electron chi connectivity index (χ3n) is 2.39. The number of aromatic nitrogens is 1. The molecule has 0 saturated heterocycles. The van der Waals surface area contributed by atoms with Crippen molar-refractivity contribution in [1.82, 2.24) is 4.98 Å². The molecule has 1 aromatic carbocycles. The second-order valence-electron chi connectivity index (χ2n) is 3.71. The second kappa shape index (κ2) is 4.98. The van der Waals surface area contributed by atoms with E-state index in [4.69, 9.17) is 5.26 Å². The van der Waals surface area contributed by atoms with E-state index in [1.807, 2.05) is 12.1 Å². The SMILES string of the molecule is N#Cc1cccnc1S(=O)(=O)Cc1ccccc1. The Balaban J connectivity index is 2.41. The molecule has 1 aromatic heterocycles. The molecule has 0 saturated carbocycles.